The van der Waals surface area contributed by atoms with Crippen molar-refractivity contribution in [3.8, 4) is 0 Å². The van der Waals surface area contributed by atoms with Crippen molar-refractivity contribution in [3.05, 3.63) is 61.2 Å². The first-order chi connectivity index (χ1) is 16.4. The van der Waals surface area contributed by atoms with E-state index in [-0.39, 0.29) is 41.6 Å². The molecule has 9 heteroatoms. The minimum atomic E-state index is -0.784. The second-order valence-corrected chi connectivity index (χ2v) is 11.5. The maximum Gasteiger partial charge on any atom is 0.311 e. The second kappa shape index (κ2) is 10.3. The summed E-state index contributed by atoms with van der Waals surface area (Å²) in [5, 5.41) is 9.57. The number of hydrogen-bond acceptors (Lipinski definition) is 6. The van der Waals surface area contributed by atoms with Crippen molar-refractivity contribution in [1.29, 1.82) is 0 Å². The number of amides is 2. The lowest BCUT2D eigenvalue weighted by Crippen LogP contribution is -2.55. The van der Waals surface area contributed by atoms with Gasteiger partial charge in [-0.2, -0.15) is 0 Å². The number of alkyl halides is 1. The van der Waals surface area contributed by atoms with Crippen LogP contribution in [-0.4, -0.2) is 79.9 Å². The third-order valence-corrected chi connectivity index (χ3v) is 10.1. The Hall–Kier alpha value is -2.10. The molecule has 1 aromatic carbocycles. The van der Waals surface area contributed by atoms with Crippen LogP contribution in [0.4, 0.5) is 0 Å². The number of carbonyl (C=O) groups is 3. The van der Waals surface area contributed by atoms with E-state index in [4.69, 9.17) is 4.74 Å². The number of halogens is 1. The van der Waals surface area contributed by atoms with Crippen molar-refractivity contribution >= 4 is 45.5 Å². The van der Waals surface area contributed by atoms with Crippen LogP contribution in [0.15, 0.2) is 55.6 Å². The van der Waals surface area contributed by atoms with E-state index in [1.165, 1.54) is 11.0 Å². The Morgan fingerprint density at radius 2 is 2.03 bits per heavy atom. The van der Waals surface area contributed by atoms with Crippen molar-refractivity contribution < 1.29 is 24.2 Å². The second-order valence-electron chi connectivity index (χ2n) is 8.83. The normalized spacial score (nSPS) is 31.3. The Morgan fingerprint density at radius 1 is 1.29 bits per heavy atom. The molecule has 1 N–H and O–H groups in total. The maximum absolute atomic E-state index is 14.1. The summed E-state index contributed by atoms with van der Waals surface area (Å²) in [7, 11) is 0. The lowest BCUT2D eigenvalue weighted by Gasteiger charge is -2.37. The van der Waals surface area contributed by atoms with Crippen LogP contribution in [0.5, 0.6) is 0 Å². The number of likely N-dealkylation sites (tertiary alicyclic amines) is 1. The lowest BCUT2D eigenvalue weighted by atomic mass is 9.71. The first-order valence-electron chi connectivity index (χ1n) is 11.3. The summed E-state index contributed by atoms with van der Waals surface area (Å²) in [6.07, 6.45) is 3.75. The standard InChI is InChI=1S/C25H29BrN2O5S/c1-3-10-27(15-16-8-6-5-7-9-16)23(31)21-25-14-17(26)20(34-25)18(24(32)33-13-4-2)19(25)22(30)28(21)11-12-29/h3-9,17-21,29H,1-2,10-15H2/t17?,18-,19-,20-,21?,25?/m0/s1. The summed E-state index contributed by atoms with van der Waals surface area (Å²) in [5.41, 5.74) is 0.970. The van der Waals surface area contributed by atoms with Gasteiger partial charge in [0.15, 0.2) is 0 Å². The zero-order valence-corrected chi connectivity index (χ0v) is 21.2. The van der Waals surface area contributed by atoms with Gasteiger partial charge < -0.3 is 19.6 Å². The molecule has 3 aliphatic rings. The van der Waals surface area contributed by atoms with E-state index < -0.39 is 28.6 Å². The third kappa shape index (κ3) is 4.12. The molecule has 7 nitrogen and oxygen atoms in total. The summed E-state index contributed by atoms with van der Waals surface area (Å²) in [5.74, 6) is -2.22. The monoisotopic (exact) mass is 548 g/mol. The Bertz CT molecular complexity index is 975. The first-order valence-corrected chi connectivity index (χ1v) is 13.1. The van der Waals surface area contributed by atoms with Crippen molar-refractivity contribution in [1.82, 2.24) is 9.80 Å². The van der Waals surface area contributed by atoms with Crippen LogP contribution in [0.2, 0.25) is 0 Å². The molecule has 2 amide bonds. The molecule has 4 rings (SSSR count). The van der Waals surface area contributed by atoms with Crippen LogP contribution in [-0.2, 0) is 25.7 Å². The number of β-amino-alcohol motifs (C(OH)–C–C–N with tert-alkyl or cyclic N) is 1. The highest BCUT2D eigenvalue weighted by Crippen LogP contribution is 2.68. The van der Waals surface area contributed by atoms with Gasteiger partial charge in [0.1, 0.15) is 12.6 Å². The van der Waals surface area contributed by atoms with E-state index in [9.17, 15) is 19.5 Å². The minimum Gasteiger partial charge on any atom is -0.461 e. The number of rotatable bonds is 10. The van der Waals surface area contributed by atoms with Crippen molar-refractivity contribution in [3.63, 3.8) is 0 Å². The van der Waals surface area contributed by atoms with E-state index in [0.717, 1.165) is 5.56 Å². The van der Waals surface area contributed by atoms with Crippen LogP contribution in [0.1, 0.15) is 12.0 Å². The van der Waals surface area contributed by atoms with Gasteiger partial charge in [-0.1, -0.05) is 65.0 Å². The number of thioether (sulfide) groups is 1. The van der Waals surface area contributed by atoms with E-state index in [0.29, 0.717) is 19.5 Å². The van der Waals surface area contributed by atoms with E-state index in [1.807, 2.05) is 30.3 Å². The Kier molecular flexibility index (Phi) is 7.54. The van der Waals surface area contributed by atoms with Gasteiger partial charge in [-0.25, -0.2) is 0 Å². The molecule has 3 unspecified atom stereocenters. The zero-order chi connectivity index (χ0) is 24.5. The maximum atomic E-state index is 14.1. The van der Waals surface area contributed by atoms with Crippen molar-refractivity contribution in [2.24, 2.45) is 11.8 Å². The summed E-state index contributed by atoms with van der Waals surface area (Å²) < 4.78 is 4.60. The average molecular weight is 549 g/mol. The Labute approximate surface area is 212 Å². The Balaban J connectivity index is 1.71. The number of aliphatic hydroxyl groups is 1. The molecule has 182 valence electrons. The topological polar surface area (TPSA) is 87.1 Å². The highest BCUT2D eigenvalue weighted by Gasteiger charge is 2.76. The number of esters is 1. The van der Waals surface area contributed by atoms with Crippen molar-refractivity contribution in [2.75, 3.05) is 26.3 Å². The van der Waals surface area contributed by atoms with Crippen LogP contribution in [0.3, 0.4) is 0 Å². The molecule has 0 saturated carbocycles. The van der Waals surface area contributed by atoms with Gasteiger partial charge in [-0.3, -0.25) is 14.4 Å². The third-order valence-electron chi connectivity index (χ3n) is 6.86. The van der Waals surface area contributed by atoms with Crippen LogP contribution in [0.25, 0.3) is 0 Å². The van der Waals surface area contributed by atoms with E-state index >= 15 is 0 Å². The molecule has 6 atom stereocenters. The molecule has 3 heterocycles. The molecule has 3 saturated heterocycles. The Morgan fingerprint density at radius 3 is 2.68 bits per heavy atom. The molecular weight excluding hydrogens is 520 g/mol. The molecule has 34 heavy (non-hydrogen) atoms. The highest BCUT2D eigenvalue weighted by atomic mass is 79.9. The fourth-order valence-corrected chi connectivity index (χ4v) is 9.22. The van der Waals surface area contributed by atoms with E-state index in [1.54, 1.807) is 22.7 Å². The number of ether oxygens (including phenoxy) is 1. The van der Waals surface area contributed by atoms with Gasteiger partial charge in [-0.05, 0) is 12.0 Å². The SMILES string of the molecule is C=CCOC(=O)[C@H]1[C@H]2C(=O)N(CCO)C(C(=O)N(CC=C)Cc3ccccc3)C23CC(Br)[C@@H]1S3. The molecule has 0 radical (unpaired) electrons. The molecule has 1 aromatic rings. The van der Waals surface area contributed by atoms with Gasteiger partial charge in [0.25, 0.3) is 0 Å². The summed E-state index contributed by atoms with van der Waals surface area (Å²) in [4.78, 5) is 43.9. The van der Waals surface area contributed by atoms with Gasteiger partial charge in [0.2, 0.25) is 11.8 Å². The van der Waals surface area contributed by atoms with Crippen LogP contribution < -0.4 is 0 Å². The van der Waals surface area contributed by atoms with Gasteiger partial charge in [0, 0.05) is 29.7 Å². The lowest BCUT2D eigenvalue weighted by molar-refractivity contribution is -0.153. The molecule has 2 bridgehead atoms. The number of nitrogens with zero attached hydrogens (tertiary/aromatic N) is 2. The van der Waals surface area contributed by atoms with E-state index in [2.05, 4.69) is 29.1 Å². The number of hydrogen-bond donors (Lipinski definition) is 1. The summed E-state index contributed by atoms with van der Waals surface area (Å²) >= 11 is 5.26. The molecule has 0 aliphatic carbocycles. The molecule has 3 fully saturated rings. The summed E-state index contributed by atoms with van der Waals surface area (Å²) in [6.45, 7) is 7.94. The summed E-state index contributed by atoms with van der Waals surface area (Å²) in [6, 6.07) is 8.87. The van der Waals surface area contributed by atoms with Gasteiger partial charge in [0.05, 0.1) is 23.2 Å². The number of benzene rings is 1. The smallest absolute Gasteiger partial charge is 0.311 e. The van der Waals surface area contributed by atoms with Crippen LogP contribution in [0, 0.1) is 11.8 Å². The van der Waals surface area contributed by atoms with Crippen molar-refractivity contribution in [2.45, 2.75) is 33.8 Å². The number of carbonyl (C=O) groups excluding carboxylic acids is 3. The fraction of sp³-hybridized carbons (Fsp3) is 0.480. The average Bonchev–Trinajstić information content (AvgIpc) is 3.41. The van der Waals surface area contributed by atoms with Gasteiger partial charge >= 0.3 is 5.97 Å². The molecule has 1 spiro atoms. The number of fused-ring (bicyclic) bond motifs is 1. The highest BCUT2D eigenvalue weighted by molar-refractivity contribution is 9.09. The predicted molar refractivity (Wildman–Crippen MR) is 134 cm³/mol. The number of aliphatic hydroxyl groups excluding tert-OH is 1. The van der Waals surface area contributed by atoms with Gasteiger partial charge in [-0.15, -0.1) is 18.3 Å². The molecule has 3 aliphatic heterocycles. The predicted octanol–water partition coefficient (Wildman–Crippen LogP) is 2.39. The largest absolute Gasteiger partial charge is 0.461 e. The zero-order valence-electron chi connectivity index (χ0n) is 18.8. The quantitative estimate of drug-likeness (QED) is 0.274. The minimum absolute atomic E-state index is 0.0332. The molecule has 0 aromatic heterocycles. The first kappa shape index (κ1) is 25.0. The fourth-order valence-electron chi connectivity index (χ4n) is 5.63. The molecular formula is C25H29BrN2O5S. The van der Waals surface area contributed by atoms with Crippen LogP contribution >= 0.6 is 27.7 Å².